The van der Waals surface area contributed by atoms with E-state index < -0.39 is 6.04 Å². The van der Waals surface area contributed by atoms with E-state index in [4.69, 9.17) is 0 Å². The predicted molar refractivity (Wildman–Crippen MR) is 112 cm³/mol. The molecule has 0 aliphatic carbocycles. The van der Waals surface area contributed by atoms with Crippen molar-refractivity contribution >= 4 is 11.8 Å². The number of hydrogen-bond acceptors (Lipinski definition) is 2. The van der Waals surface area contributed by atoms with Gasteiger partial charge in [-0.3, -0.25) is 9.59 Å². The zero-order valence-corrected chi connectivity index (χ0v) is 17.2. The van der Waals surface area contributed by atoms with Gasteiger partial charge in [0.25, 0.3) is 0 Å². The lowest BCUT2D eigenvalue weighted by molar-refractivity contribution is -0.138. The van der Waals surface area contributed by atoms with Crippen LogP contribution < -0.4 is 5.32 Å². The normalized spacial score (nSPS) is 20.2. The molecule has 2 aromatic rings. The molecule has 4 heteroatoms. The minimum absolute atomic E-state index is 0.0392. The van der Waals surface area contributed by atoms with Gasteiger partial charge in [-0.1, -0.05) is 68.4 Å². The molecule has 1 aliphatic rings. The van der Waals surface area contributed by atoms with Crippen molar-refractivity contribution < 1.29 is 9.59 Å². The summed E-state index contributed by atoms with van der Waals surface area (Å²) in [5.74, 6) is 0.340. The molecule has 3 atom stereocenters. The van der Waals surface area contributed by atoms with Gasteiger partial charge in [-0.25, -0.2) is 0 Å². The van der Waals surface area contributed by atoms with Gasteiger partial charge in [0.2, 0.25) is 11.8 Å². The van der Waals surface area contributed by atoms with Crippen LogP contribution in [0.4, 0.5) is 0 Å². The van der Waals surface area contributed by atoms with Crippen LogP contribution in [0.1, 0.15) is 69.2 Å². The molecule has 3 rings (SSSR count). The zero-order chi connectivity index (χ0) is 20.3. The van der Waals surface area contributed by atoms with E-state index >= 15 is 0 Å². The van der Waals surface area contributed by atoms with Crippen LogP contribution in [0.2, 0.25) is 0 Å². The van der Waals surface area contributed by atoms with Gasteiger partial charge in [-0.15, -0.1) is 0 Å². The Morgan fingerprint density at radius 2 is 1.50 bits per heavy atom. The van der Waals surface area contributed by atoms with Crippen LogP contribution in [-0.2, 0) is 9.59 Å². The summed E-state index contributed by atoms with van der Waals surface area (Å²) >= 11 is 0. The summed E-state index contributed by atoms with van der Waals surface area (Å²) in [7, 11) is 0. The minimum atomic E-state index is -0.395. The first-order valence-corrected chi connectivity index (χ1v) is 10.1. The largest absolute Gasteiger partial charge is 0.343 e. The van der Waals surface area contributed by atoms with Gasteiger partial charge in [-0.05, 0) is 42.4 Å². The third kappa shape index (κ3) is 4.27. The number of nitrogens with one attached hydrogen (secondary N) is 1. The molecule has 2 aromatic carbocycles. The van der Waals surface area contributed by atoms with E-state index in [1.807, 2.05) is 37.3 Å². The molecular formula is C24H30N2O2. The van der Waals surface area contributed by atoms with Gasteiger partial charge in [0.05, 0.1) is 6.04 Å². The number of likely N-dealkylation sites (tertiary alicyclic amines) is 1. The Labute approximate surface area is 167 Å². The van der Waals surface area contributed by atoms with Crippen LogP contribution >= 0.6 is 0 Å². The maximum Gasteiger partial charge on any atom is 0.243 e. The molecule has 28 heavy (non-hydrogen) atoms. The smallest absolute Gasteiger partial charge is 0.243 e. The molecule has 0 aromatic heterocycles. The maximum atomic E-state index is 13.1. The average molecular weight is 379 g/mol. The quantitative estimate of drug-likeness (QED) is 0.837. The van der Waals surface area contributed by atoms with Crippen molar-refractivity contribution in [1.29, 1.82) is 0 Å². The van der Waals surface area contributed by atoms with Crippen LogP contribution in [0.15, 0.2) is 54.6 Å². The number of benzene rings is 2. The Kier molecular flexibility index (Phi) is 6.18. The number of hydrogen-bond donors (Lipinski definition) is 1. The van der Waals surface area contributed by atoms with Crippen LogP contribution in [0.3, 0.4) is 0 Å². The van der Waals surface area contributed by atoms with Gasteiger partial charge in [0, 0.05) is 13.0 Å². The lowest BCUT2D eigenvalue weighted by Gasteiger charge is -2.29. The van der Waals surface area contributed by atoms with E-state index in [1.54, 1.807) is 11.8 Å². The summed E-state index contributed by atoms with van der Waals surface area (Å²) in [6.45, 7) is 7.89. The summed E-state index contributed by atoms with van der Waals surface area (Å²) in [5, 5.41) is 3.21. The highest BCUT2D eigenvalue weighted by Gasteiger charge is 2.38. The van der Waals surface area contributed by atoms with Crippen LogP contribution in [0.5, 0.6) is 0 Å². The highest BCUT2D eigenvalue weighted by Crippen LogP contribution is 2.28. The maximum absolute atomic E-state index is 13.1. The molecule has 0 bridgehead atoms. The summed E-state index contributed by atoms with van der Waals surface area (Å²) in [6, 6.07) is 17.9. The van der Waals surface area contributed by atoms with Crippen LogP contribution in [0, 0.1) is 0 Å². The molecule has 1 aliphatic heterocycles. The van der Waals surface area contributed by atoms with E-state index in [9.17, 15) is 9.59 Å². The van der Waals surface area contributed by atoms with Gasteiger partial charge in [0.1, 0.15) is 6.04 Å². The fraction of sp³-hybridized carbons (Fsp3) is 0.417. The third-order valence-corrected chi connectivity index (χ3v) is 5.69. The average Bonchev–Trinajstić information content (AvgIpc) is 3.08. The summed E-state index contributed by atoms with van der Waals surface area (Å²) in [6.07, 6.45) is 1.57. The van der Waals surface area contributed by atoms with Crippen LogP contribution in [-0.4, -0.2) is 28.8 Å². The Bertz CT molecular complexity index is 814. The van der Waals surface area contributed by atoms with Crippen molar-refractivity contribution in [2.75, 3.05) is 0 Å². The number of carbonyl (C=O) groups is 2. The van der Waals surface area contributed by atoms with Crippen molar-refractivity contribution in [2.45, 2.75) is 64.6 Å². The second-order valence-electron chi connectivity index (χ2n) is 8.04. The SMILES string of the molecule is CC(=O)N1C(C)CCC1C(=O)NC(c1ccccc1)c1ccc(C(C)C)cc1. The van der Waals surface area contributed by atoms with Crippen molar-refractivity contribution in [3.63, 3.8) is 0 Å². The molecular weight excluding hydrogens is 348 g/mol. The van der Waals surface area contributed by atoms with E-state index in [0.717, 1.165) is 17.5 Å². The van der Waals surface area contributed by atoms with Crippen LogP contribution in [0.25, 0.3) is 0 Å². The van der Waals surface area contributed by atoms with Crippen molar-refractivity contribution in [2.24, 2.45) is 0 Å². The highest BCUT2D eigenvalue weighted by atomic mass is 16.2. The molecule has 0 saturated carbocycles. The second kappa shape index (κ2) is 8.59. The molecule has 0 spiro atoms. The molecule has 4 nitrogen and oxygen atoms in total. The zero-order valence-electron chi connectivity index (χ0n) is 17.2. The number of carbonyl (C=O) groups excluding carboxylic acids is 2. The molecule has 1 N–H and O–H groups in total. The molecule has 1 heterocycles. The molecule has 2 amide bonds. The van der Waals surface area contributed by atoms with E-state index in [-0.39, 0.29) is 23.9 Å². The second-order valence-corrected chi connectivity index (χ2v) is 8.04. The monoisotopic (exact) mass is 378 g/mol. The van der Waals surface area contributed by atoms with E-state index in [2.05, 4.69) is 43.4 Å². The fourth-order valence-corrected chi connectivity index (χ4v) is 4.09. The number of rotatable bonds is 5. The molecule has 3 unspecified atom stereocenters. The highest BCUT2D eigenvalue weighted by molar-refractivity contribution is 5.88. The van der Waals surface area contributed by atoms with E-state index in [0.29, 0.717) is 12.3 Å². The van der Waals surface area contributed by atoms with Crippen molar-refractivity contribution in [3.8, 4) is 0 Å². The van der Waals surface area contributed by atoms with Gasteiger partial charge in [-0.2, -0.15) is 0 Å². The molecule has 148 valence electrons. The van der Waals surface area contributed by atoms with E-state index in [1.165, 1.54) is 5.56 Å². The Balaban J connectivity index is 1.88. The summed E-state index contributed by atoms with van der Waals surface area (Å²) in [5.41, 5.74) is 3.35. The number of amides is 2. The summed E-state index contributed by atoms with van der Waals surface area (Å²) in [4.78, 5) is 26.9. The lowest BCUT2D eigenvalue weighted by atomic mass is 9.95. The predicted octanol–water partition coefficient (Wildman–Crippen LogP) is 4.42. The minimum Gasteiger partial charge on any atom is -0.343 e. The molecule has 1 fully saturated rings. The first-order chi connectivity index (χ1) is 13.4. The van der Waals surface area contributed by atoms with Gasteiger partial charge >= 0.3 is 0 Å². The number of nitrogens with zero attached hydrogens (tertiary/aromatic N) is 1. The molecule has 0 radical (unpaired) electrons. The van der Waals surface area contributed by atoms with Crippen molar-refractivity contribution in [1.82, 2.24) is 10.2 Å². The Hall–Kier alpha value is -2.62. The van der Waals surface area contributed by atoms with Gasteiger partial charge < -0.3 is 10.2 Å². The van der Waals surface area contributed by atoms with Gasteiger partial charge in [0.15, 0.2) is 0 Å². The third-order valence-electron chi connectivity index (χ3n) is 5.69. The lowest BCUT2D eigenvalue weighted by Crippen LogP contribution is -2.48. The first kappa shape index (κ1) is 20.1. The Morgan fingerprint density at radius 3 is 2.07 bits per heavy atom. The van der Waals surface area contributed by atoms with Crippen molar-refractivity contribution in [3.05, 3.63) is 71.3 Å². The standard InChI is InChI=1S/C24H30N2O2/c1-16(2)19-11-13-21(14-12-19)23(20-8-6-5-7-9-20)25-24(28)22-15-10-17(3)26(22)18(4)27/h5-9,11-14,16-17,22-23H,10,15H2,1-4H3,(H,25,28). The fourth-order valence-electron chi connectivity index (χ4n) is 4.09. The Morgan fingerprint density at radius 1 is 0.929 bits per heavy atom. The summed E-state index contributed by atoms with van der Waals surface area (Å²) < 4.78 is 0. The first-order valence-electron chi connectivity index (χ1n) is 10.1. The molecule has 1 saturated heterocycles. The topological polar surface area (TPSA) is 49.4 Å².